The van der Waals surface area contributed by atoms with Gasteiger partial charge in [0.25, 0.3) is 0 Å². The molecule has 126 valence electrons. The van der Waals surface area contributed by atoms with Gasteiger partial charge < -0.3 is 0 Å². The van der Waals surface area contributed by atoms with Gasteiger partial charge in [-0.25, -0.2) is 0 Å². The van der Waals surface area contributed by atoms with Crippen LogP contribution in [0, 0.1) is 13.8 Å². The Morgan fingerprint density at radius 3 is 2.12 bits per heavy atom. The van der Waals surface area contributed by atoms with Crippen LogP contribution in [0.1, 0.15) is 57.9 Å². The highest BCUT2D eigenvalue weighted by Gasteiger charge is 2.14. The van der Waals surface area contributed by atoms with Crippen molar-refractivity contribution in [2.45, 2.75) is 33.6 Å². The van der Waals surface area contributed by atoms with Gasteiger partial charge in [-0.15, -0.1) is 0 Å². The van der Waals surface area contributed by atoms with Gasteiger partial charge >= 0.3 is 0 Å². The zero-order valence-electron chi connectivity index (χ0n) is 15.3. The lowest BCUT2D eigenvalue weighted by Gasteiger charge is -2.04. The zero-order valence-corrected chi connectivity index (χ0v) is 15.3. The predicted molar refractivity (Wildman–Crippen MR) is 107 cm³/mol. The van der Waals surface area contributed by atoms with Crippen molar-refractivity contribution in [3.63, 3.8) is 0 Å². The van der Waals surface area contributed by atoms with Gasteiger partial charge in [-0.05, 0) is 58.7 Å². The number of carbonyl (C=O) groups is 1. The molecule has 2 aliphatic carbocycles. The van der Waals surface area contributed by atoms with Crippen LogP contribution in [0.15, 0.2) is 48.5 Å². The maximum Gasteiger partial charge on any atom is 0.150 e. The molecule has 0 saturated heterocycles. The number of fused-ring (bicyclic) bond motifs is 1. The van der Waals surface area contributed by atoms with Crippen molar-refractivity contribution in [3.8, 4) is 11.1 Å². The van der Waals surface area contributed by atoms with Crippen molar-refractivity contribution >= 4 is 18.4 Å². The molecule has 0 atom stereocenters. The molecule has 0 saturated carbocycles. The highest BCUT2D eigenvalue weighted by Crippen LogP contribution is 2.37. The Labute approximate surface area is 150 Å². The van der Waals surface area contributed by atoms with E-state index in [0.29, 0.717) is 11.5 Å². The van der Waals surface area contributed by atoms with E-state index in [4.69, 9.17) is 0 Å². The predicted octanol–water partition coefficient (Wildman–Crippen LogP) is 6.51. The van der Waals surface area contributed by atoms with Crippen LogP contribution in [0.25, 0.3) is 23.3 Å². The van der Waals surface area contributed by atoms with E-state index in [1.165, 1.54) is 33.4 Å². The fourth-order valence-corrected chi connectivity index (χ4v) is 3.24. The molecule has 0 spiro atoms. The molecule has 25 heavy (non-hydrogen) atoms. The summed E-state index contributed by atoms with van der Waals surface area (Å²) >= 11 is 0. The van der Waals surface area contributed by atoms with Crippen molar-refractivity contribution in [1.82, 2.24) is 0 Å². The van der Waals surface area contributed by atoms with E-state index >= 15 is 0 Å². The molecule has 0 bridgehead atoms. The van der Waals surface area contributed by atoms with Gasteiger partial charge in [-0.3, -0.25) is 4.79 Å². The third-order valence-electron chi connectivity index (χ3n) is 4.78. The standard InChI is InChI=1S/C24H24O/c1-16(2)21-11-5-17(3)24-22(13-18(4)23(24)14-21)12-10-19-6-8-20(15-25)9-7-19/h5-16H,1-4H3. The molecule has 0 heterocycles. The van der Waals surface area contributed by atoms with Crippen LogP contribution in [0.5, 0.6) is 0 Å². The van der Waals surface area contributed by atoms with E-state index in [0.717, 1.165) is 11.8 Å². The molecule has 0 unspecified atom stereocenters. The van der Waals surface area contributed by atoms with Gasteiger partial charge in [0.1, 0.15) is 6.29 Å². The van der Waals surface area contributed by atoms with Crippen molar-refractivity contribution in [2.24, 2.45) is 0 Å². The van der Waals surface area contributed by atoms with Gasteiger partial charge in [0.15, 0.2) is 0 Å². The van der Waals surface area contributed by atoms with E-state index in [2.05, 4.69) is 64.1 Å². The lowest BCUT2D eigenvalue weighted by molar-refractivity contribution is 0.112. The van der Waals surface area contributed by atoms with Gasteiger partial charge in [0.05, 0.1) is 0 Å². The normalized spacial score (nSPS) is 11.6. The Morgan fingerprint density at radius 2 is 1.48 bits per heavy atom. The topological polar surface area (TPSA) is 17.1 Å². The van der Waals surface area contributed by atoms with Crippen LogP contribution in [0.3, 0.4) is 0 Å². The van der Waals surface area contributed by atoms with E-state index in [1.807, 2.05) is 24.3 Å². The summed E-state index contributed by atoms with van der Waals surface area (Å²) in [7, 11) is 0. The maximum atomic E-state index is 10.8. The minimum atomic E-state index is 0.514. The van der Waals surface area contributed by atoms with Crippen molar-refractivity contribution in [3.05, 3.63) is 81.9 Å². The van der Waals surface area contributed by atoms with Crippen LogP contribution in [-0.2, 0) is 0 Å². The highest BCUT2D eigenvalue weighted by molar-refractivity contribution is 5.87. The Kier molecular flexibility index (Phi) is 4.85. The fourth-order valence-electron chi connectivity index (χ4n) is 3.24. The lowest BCUT2D eigenvalue weighted by atomic mass is 10.0. The Hall–Kier alpha value is -2.67. The third kappa shape index (κ3) is 3.56. The quantitative estimate of drug-likeness (QED) is 0.499. The van der Waals surface area contributed by atoms with E-state index in [-0.39, 0.29) is 0 Å². The molecule has 0 aromatic heterocycles. The minimum Gasteiger partial charge on any atom is -0.298 e. The molecule has 2 aliphatic rings. The van der Waals surface area contributed by atoms with E-state index in [1.54, 1.807) is 0 Å². The molecule has 3 rings (SSSR count). The zero-order chi connectivity index (χ0) is 18.0. The molecule has 0 N–H and O–H groups in total. The number of hydrogen-bond donors (Lipinski definition) is 0. The first-order valence-corrected chi connectivity index (χ1v) is 8.77. The number of aryl methyl sites for hydroxylation is 2. The Morgan fingerprint density at radius 1 is 0.800 bits per heavy atom. The Balaban J connectivity index is 2.03. The molecule has 1 nitrogen and oxygen atoms in total. The second-order valence-corrected chi connectivity index (χ2v) is 7.00. The fraction of sp³-hybridized carbons (Fsp3) is 0.208. The van der Waals surface area contributed by atoms with Crippen molar-refractivity contribution in [2.75, 3.05) is 0 Å². The molecule has 1 aromatic rings. The number of hydrogen-bond acceptors (Lipinski definition) is 1. The Bertz CT molecular complexity index is 898. The smallest absolute Gasteiger partial charge is 0.150 e. The van der Waals surface area contributed by atoms with Crippen molar-refractivity contribution < 1.29 is 4.79 Å². The summed E-state index contributed by atoms with van der Waals surface area (Å²) in [5.41, 5.74) is 9.68. The summed E-state index contributed by atoms with van der Waals surface area (Å²) in [5, 5.41) is 0. The monoisotopic (exact) mass is 328 g/mol. The first-order chi connectivity index (χ1) is 12.0. The number of benzene rings is 1. The van der Waals surface area contributed by atoms with Crippen LogP contribution in [-0.4, -0.2) is 6.29 Å². The first-order valence-electron chi connectivity index (χ1n) is 8.77. The number of carbonyl (C=O) groups excluding carboxylic acids is 1. The first kappa shape index (κ1) is 17.2. The van der Waals surface area contributed by atoms with E-state index < -0.39 is 0 Å². The molecule has 0 radical (unpaired) electrons. The third-order valence-corrected chi connectivity index (χ3v) is 4.78. The largest absolute Gasteiger partial charge is 0.298 e. The lowest BCUT2D eigenvalue weighted by Crippen LogP contribution is -1.84. The summed E-state index contributed by atoms with van der Waals surface area (Å²) in [5.74, 6) is 0.514. The number of rotatable bonds is 4. The molecule has 0 fully saturated rings. The summed E-state index contributed by atoms with van der Waals surface area (Å²) < 4.78 is 0. The average Bonchev–Trinajstić information content (AvgIpc) is 2.80. The molecule has 0 aliphatic heterocycles. The molecule has 1 heteroatoms. The molecular formula is C24H24O. The van der Waals surface area contributed by atoms with Crippen LogP contribution >= 0.6 is 0 Å². The van der Waals surface area contributed by atoms with Gasteiger partial charge in [-0.1, -0.05) is 74.5 Å². The van der Waals surface area contributed by atoms with Gasteiger partial charge in [-0.2, -0.15) is 0 Å². The second kappa shape index (κ2) is 7.06. The number of aldehydes is 1. The average molecular weight is 328 g/mol. The second-order valence-electron chi connectivity index (χ2n) is 7.00. The SMILES string of the molecule is Cc1cc(C=Cc2ccc(C=O)cc2)c2c(C)ccc(C(C)C)cc1-2. The molecule has 1 aromatic carbocycles. The summed E-state index contributed by atoms with van der Waals surface area (Å²) in [6.45, 7) is 8.83. The van der Waals surface area contributed by atoms with Crippen molar-refractivity contribution in [1.29, 1.82) is 0 Å². The highest BCUT2D eigenvalue weighted by atomic mass is 16.1. The van der Waals surface area contributed by atoms with E-state index in [9.17, 15) is 4.79 Å². The molecule has 0 amide bonds. The summed E-state index contributed by atoms with van der Waals surface area (Å²) in [6.07, 6.45) is 5.16. The van der Waals surface area contributed by atoms with Crippen LogP contribution in [0.4, 0.5) is 0 Å². The minimum absolute atomic E-state index is 0.514. The van der Waals surface area contributed by atoms with Gasteiger partial charge in [0.2, 0.25) is 0 Å². The molecular weight excluding hydrogens is 304 g/mol. The summed E-state index contributed by atoms with van der Waals surface area (Å²) in [4.78, 5) is 10.8. The van der Waals surface area contributed by atoms with Gasteiger partial charge in [0, 0.05) is 5.56 Å². The summed E-state index contributed by atoms with van der Waals surface area (Å²) in [6, 6.07) is 16.7. The maximum absolute atomic E-state index is 10.8. The van der Waals surface area contributed by atoms with Crippen LogP contribution < -0.4 is 0 Å². The van der Waals surface area contributed by atoms with Crippen LogP contribution in [0.2, 0.25) is 0 Å².